The van der Waals surface area contributed by atoms with Crippen LogP contribution < -0.4 is 4.80 Å². The summed E-state index contributed by atoms with van der Waals surface area (Å²) in [6.07, 6.45) is 2.43. The minimum absolute atomic E-state index is 0.0350. The summed E-state index contributed by atoms with van der Waals surface area (Å²) in [4.78, 5) is 17.0. The topological polar surface area (TPSA) is 43.6 Å². The highest BCUT2D eigenvalue weighted by Gasteiger charge is 2.09. The number of aromatic nitrogens is 1. The molecule has 114 valence electrons. The molecule has 0 N–H and O–H groups in total. The number of benzene rings is 1. The Kier molecular flexibility index (Phi) is 5.70. The molecule has 0 fully saturated rings. The molecular weight excluding hydrogens is 284 g/mol. The Hall–Kier alpha value is -1.46. The number of hydrogen-bond donors (Lipinski definition) is 0. The van der Waals surface area contributed by atoms with E-state index in [1.54, 1.807) is 18.4 Å². The second-order valence-electron chi connectivity index (χ2n) is 5.06. The Labute approximate surface area is 129 Å². The van der Waals surface area contributed by atoms with Crippen LogP contribution in [0.4, 0.5) is 0 Å². The third kappa shape index (κ3) is 3.80. The van der Waals surface area contributed by atoms with Gasteiger partial charge in [0.2, 0.25) is 5.91 Å². The molecule has 0 saturated heterocycles. The Bertz CT molecular complexity index is 685. The Balaban J connectivity index is 2.49. The third-order valence-corrected chi connectivity index (χ3v) is 4.43. The molecule has 0 spiro atoms. The molecule has 0 saturated carbocycles. The van der Waals surface area contributed by atoms with Crippen LogP contribution in [0, 0.1) is 6.92 Å². The minimum atomic E-state index is -0.0350. The van der Waals surface area contributed by atoms with E-state index in [0.717, 1.165) is 27.9 Å². The Morgan fingerprint density at radius 1 is 1.43 bits per heavy atom. The number of methoxy groups -OCH3 is 1. The monoisotopic (exact) mass is 306 g/mol. The maximum Gasteiger partial charge on any atom is 0.248 e. The molecule has 1 aromatic heterocycles. The van der Waals surface area contributed by atoms with Crippen LogP contribution in [0.2, 0.25) is 0 Å². The van der Waals surface area contributed by atoms with Gasteiger partial charge in [-0.05, 0) is 25.0 Å². The average molecular weight is 306 g/mol. The molecule has 4 nitrogen and oxygen atoms in total. The third-order valence-electron chi connectivity index (χ3n) is 3.39. The number of ether oxygens (including phenoxy) is 1. The SMILES string of the molecule is CCCCC(=O)N=c1sc2cccc(C)c2n1CCOC. The molecule has 0 aliphatic carbocycles. The van der Waals surface area contributed by atoms with Crippen molar-refractivity contribution in [3.05, 3.63) is 28.6 Å². The summed E-state index contributed by atoms with van der Waals surface area (Å²) >= 11 is 1.57. The maximum absolute atomic E-state index is 12.0. The number of aryl methyl sites for hydroxylation is 1. The van der Waals surface area contributed by atoms with E-state index >= 15 is 0 Å². The van der Waals surface area contributed by atoms with E-state index in [0.29, 0.717) is 19.6 Å². The number of carbonyl (C=O) groups is 1. The summed E-state index contributed by atoms with van der Waals surface area (Å²) in [7, 11) is 1.69. The van der Waals surface area contributed by atoms with Crippen molar-refractivity contribution in [1.29, 1.82) is 0 Å². The number of rotatable bonds is 6. The molecule has 0 bridgehead atoms. The van der Waals surface area contributed by atoms with Crippen molar-refractivity contribution in [2.45, 2.75) is 39.7 Å². The summed E-state index contributed by atoms with van der Waals surface area (Å²) < 4.78 is 8.45. The fourth-order valence-electron chi connectivity index (χ4n) is 2.27. The van der Waals surface area contributed by atoms with Crippen LogP contribution in [-0.4, -0.2) is 24.2 Å². The first kappa shape index (κ1) is 15.9. The van der Waals surface area contributed by atoms with Gasteiger partial charge in [0.05, 0.1) is 16.8 Å². The lowest BCUT2D eigenvalue weighted by Gasteiger charge is -2.06. The van der Waals surface area contributed by atoms with E-state index in [4.69, 9.17) is 4.74 Å². The molecule has 0 atom stereocenters. The predicted octanol–water partition coefficient (Wildman–Crippen LogP) is 3.28. The van der Waals surface area contributed by atoms with Crippen LogP contribution in [0.15, 0.2) is 23.2 Å². The van der Waals surface area contributed by atoms with Crippen LogP contribution >= 0.6 is 11.3 Å². The minimum Gasteiger partial charge on any atom is -0.383 e. The van der Waals surface area contributed by atoms with Gasteiger partial charge in [-0.25, -0.2) is 0 Å². The Morgan fingerprint density at radius 3 is 2.95 bits per heavy atom. The van der Waals surface area contributed by atoms with Crippen LogP contribution in [-0.2, 0) is 16.1 Å². The molecule has 21 heavy (non-hydrogen) atoms. The molecule has 1 aromatic carbocycles. The number of para-hydroxylation sites is 1. The molecule has 1 heterocycles. The second-order valence-corrected chi connectivity index (χ2v) is 6.07. The zero-order chi connectivity index (χ0) is 15.2. The van der Waals surface area contributed by atoms with E-state index in [2.05, 4.69) is 35.5 Å². The van der Waals surface area contributed by atoms with E-state index < -0.39 is 0 Å². The lowest BCUT2D eigenvalue weighted by atomic mass is 10.2. The molecular formula is C16H22N2O2S. The zero-order valence-corrected chi connectivity index (χ0v) is 13.7. The van der Waals surface area contributed by atoms with Gasteiger partial charge in [-0.2, -0.15) is 4.99 Å². The van der Waals surface area contributed by atoms with E-state index in [9.17, 15) is 4.79 Å². The fourth-order valence-corrected chi connectivity index (χ4v) is 3.42. The number of unbranched alkanes of at least 4 members (excludes halogenated alkanes) is 1. The molecule has 5 heteroatoms. The zero-order valence-electron chi connectivity index (χ0n) is 12.9. The summed E-state index contributed by atoms with van der Waals surface area (Å²) in [5.74, 6) is -0.0350. The van der Waals surface area contributed by atoms with Crippen LogP contribution in [0.5, 0.6) is 0 Å². The van der Waals surface area contributed by atoms with Gasteiger partial charge in [0.25, 0.3) is 0 Å². The Morgan fingerprint density at radius 2 is 2.24 bits per heavy atom. The van der Waals surface area contributed by atoms with Gasteiger partial charge in [-0.15, -0.1) is 0 Å². The number of nitrogens with zero attached hydrogens (tertiary/aromatic N) is 2. The van der Waals surface area contributed by atoms with Crippen molar-refractivity contribution in [2.24, 2.45) is 4.99 Å². The highest BCUT2D eigenvalue weighted by Crippen LogP contribution is 2.20. The number of hydrogen-bond acceptors (Lipinski definition) is 3. The first-order valence-electron chi connectivity index (χ1n) is 7.32. The first-order chi connectivity index (χ1) is 10.2. The largest absolute Gasteiger partial charge is 0.383 e. The summed E-state index contributed by atoms with van der Waals surface area (Å²) in [5.41, 5.74) is 2.35. The number of fused-ring (bicyclic) bond motifs is 1. The summed E-state index contributed by atoms with van der Waals surface area (Å²) in [6, 6.07) is 6.20. The number of thiazole rings is 1. The van der Waals surface area contributed by atoms with Crippen molar-refractivity contribution in [3.8, 4) is 0 Å². The van der Waals surface area contributed by atoms with Crippen molar-refractivity contribution >= 4 is 27.5 Å². The van der Waals surface area contributed by atoms with Gasteiger partial charge in [-0.1, -0.05) is 36.8 Å². The predicted molar refractivity (Wildman–Crippen MR) is 86.5 cm³/mol. The maximum atomic E-state index is 12.0. The molecule has 2 aromatic rings. The number of amides is 1. The molecule has 0 aliphatic rings. The quantitative estimate of drug-likeness (QED) is 0.822. The van der Waals surface area contributed by atoms with Gasteiger partial charge in [-0.3, -0.25) is 4.79 Å². The lowest BCUT2D eigenvalue weighted by molar-refractivity contribution is -0.118. The highest BCUT2D eigenvalue weighted by molar-refractivity contribution is 7.16. The van der Waals surface area contributed by atoms with E-state index in [1.807, 2.05) is 6.07 Å². The van der Waals surface area contributed by atoms with Gasteiger partial charge in [0.1, 0.15) is 0 Å². The van der Waals surface area contributed by atoms with Crippen LogP contribution in [0.3, 0.4) is 0 Å². The van der Waals surface area contributed by atoms with Crippen molar-refractivity contribution in [3.63, 3.8) is 0 Å². The fraction of sp³-hybridized carbons (Fsp3) is 0.500. The molecule has 1 amide bonds. The van der Waals surface area contributed by atoms with E-state index in [-0.39, 0.29) is 5.91 Å². The standard InChI is InChI=1S/C16H22N2O2S/c1-4-5-9-14(19)17-16-18(10-11-20-3)15-12(2)7-6-8-13(15)21-16/h6-8H,4-5,9-11H2,1-3H3. The molecule has 2 rings (SSSR count). The van der Waals surface area contributed by atoms with E-state index in [1.165, 1.54) is 5.56 Å². The smallest absolute Gasteiger partial charge is 0.248 e. The first-order valence-corrected chi connectivity index (χ1v) is 8.14. The highest BCUT2D eigenvalue weighted by atomic mass is 32.1. The van der Waals surface area contributed by atoms with Crippen molar-refractivity contribution < 1.29 is 9.53 Å². The van der Waals surface area contributed by atoms with Gasteiger partial charge < -0.3 is 9.30 Å². The lowest BCUT2D eigenvalue weighted by Crippen LogP contribution is -2.19. The second kappa shape index (κ2) is 7.52. The average Bonchev–Trinajstić information content (AvgIpc) is 2.81. The van der Waals surface area contributed by atoms with Crippen LogP contribution in [0.25, 0.3) is 10.2 Å². The summed E-state index contributed by atoms with van der Waals surface area (Å²) in [6.45, 7) is 5.48. The van der Waals surface area contributed by atoms with Gasteiger partial charge >= 0.3 is 0 Å². The molecule has 0 unspecified atom stereocenters. The molecule has 0 radical (unpaired) electrons. The van der Waals surface area contributed by atoms with Crippen molar-refractivity contribution in [1.82, 2.24) is 4.57 Å². The van der Waals surface area contributed by atoms with Crippen LogP contribution in [0.1, 0.15) is 31.7 Å². The van der Waals surface area contributed by atoms with Gasteiger partial charge in [0.15, 0.2) is 4.80 Å². The molecule has 0 aliphatic heterocycles. The van der Waals surface area contributed by atoms with Crippen molar-refractivity contribution in [2.75, 3.05) is 13.7 Å². The normalized spacial score (nSPS) is 12.2. The van der Waals surface area contributed by atoms with Gasteiger partial charge in [0, 0.05) is 20.1 Å². The number of carbonyl (C=O) groups excluding carboxylic acids is 1. The summed E-state index contributed by atoms with van der Waals surface area (Å²) in [5, 5.41) is 0.